The molecule has 3 rings (SSSR count). The molecule has 0 unspecified atom stereocenters. The molecule has 25 heavy (non-hydrogen) atoms. The molecule has 1 aromatic heterocycles. The Morgan fingerprint density at radius 2 is 1.92 bits per heavy atom. The van der Waals surface area contributed by atoms with Gasteiger partial charge in [-0.05, 0) is 66.2 Å². The molecule has 1 N–H and O–H groups in total. The fourth-order valence-electron chi connectivity index (χ4n) is 2.33. The lowest BCUT2D eigenvalue weighted by molar-refractivity contribution is 0.102. The molecular formula is C19H17BrN2O2S. The first-order valence-corrected chi connectivity index (χ1v) is 9.46. The Hall–Kier alpha value is -2.18. The zero-order valence-electron chi connectivity index (χ0n) is 13.9. The predicted molar refractivity (Wildman–Crippen MR) is 106 cm³/mol. The molecule has 0 spiro atoms. The average Bonchev–Trinajstić information content (AvgIpc) is 3.00. The summed E-state index contributed by atoms with van der Waals surface area (Å²) in [5, 5.41) is 3.74. The van der Waals surface area contributed by atoms with Crippen molar-refractivity contribution in [3.8, 4) is 16.3 Å². The van der Waals surface area contributed by atoms with E-state index in [0.717, 1.165) is 32.2 Å². The van der Waals surface area contributed by atoms with Gasteiger partial charge in [-0.25, -0.2) is 4.98 Å². The van der Waals surface area contributed by atoms with Crippen molar-refractivity contribution in [3.63, 3.8) is 0 Å². The zero-order chi connectivity index (χ0) is 17.8. The molecule has 2 aromatic carbocycles. The van der Waals surface area contributed by atoms with Gasteiger partial charge in [0.25, 0.3) is 5.91 Å². The number of hydrogen-bond donors (Lipinski definition) is 1. The summed E-state index contributed by atoms with van der Waals surface area (Å²) in [5.41, 5.74) is 2.43. The highest BCUT2D eigenvalue weighted by Crippen LogP contribution is 2.30. The number of nitrogens with one attached hydrogen (secondary N) is 1. The van der Waals surface area contributed by atoms with E-state index < -0.39 is 0 Å². The van der Waals surface area contributed by atoms with Crippen molar-refractivity contribution in [1.82, 2.24) is 4.98 Å². The lowest BCUT2D eigenvalue weighted by atomic mass is 10.2. The third-order valence-electron chi connectivity index (χ3n) is 3.54. The SMILES string of the molecule is CCOc1ccc(-c2nc(C)c(C(=O)Nc3ccccc3Br)s2)cc1. The van der Waals surface area contributed by atoms with Crippen molar-refractivity contribution in [1.29, 1.82) is 0 Å². The largest absolute Gasteiger partial charge is 0.494 e. The van der Waals surface area contributed by atoms with E-state index in [1.165, 1.54) is 11.3 Å². The van der Waals surface area contributed by atoms with Gasteiger partial charge in [-0.15, -0.1) is 11.3 Å². The van der Waals surface area contributed by atoms with Crippen LogP contribution in [0.1, 0.15) is 22.3 Å². The Kier molecular flexibility index (Phi) is 5.50. The monoisotopic (exact) mass is 416 g/mol. The number of aryl methyl sites for hydroxylation is 1. The molecule has 0 saturated carbocycles. The van der Waals surface area contributed by atoms with E-state index in [4.69, 9.17) is 4.74 Å². The standard InChI is InChI=1S/C19H17BrN2O2S/c1-3-24-14-10-8-13(9-11-14)19-21-12(2)17(25-19)18(23)22-16-7-5-4-6-15(16)20/h4-11H,3H2,1-2H3,(H,22,23). The Bertz CT molecular complexity index is 891. The van der Waals surface area contributed by atoms with Crippen LogP contribution in [0.15, 0.2) is 53.0 Å². The molecule has 4 nitrogen and oxygen atoms in total. The lowest BCUT2D eigenvalue weighted by Gasteiger charge is -2.05. The third-order valence-corrected chi connectivity index (χ3v) is 5.43. The summed E-state index contributed by atoms with van der Waals surface area (Å²) in [6, 6.07) is 15.3. The summed E-state index contributed by atoms with van der Waals surface area (Å²) in [4.78, 5) is 17.7. The van der Waals surface area contributed by atoms with Crippen molar-refractivity contribution in [2.24, 2.45) is 0 Å². The minimum Gasteiger partial charge on any atom is -0.494 e. The number of anilines is 1. The second-order valence-electron chi connectivity index (χ2n) is 5.32. The highest BCUT2D eigenvalue weighted by Gasteiger charge is 2.17. The Labute approximate surface area is 159 Å². The number of benzene rings is 2. The molecule has 128 valence electrons. The number of carbonyl (C=O) groups excluding carboxylic acids is 1. The minimum absolute atomic E-state index is 0.154. The molecule has 3 aromatic rings. The van der Waals surface area contributed by atoms with E-state index in [1.54, 1.807) is 0 Å². The molecule has 0 saturated heterocycles. The number of nitrogens with zero attached hydrogens (tertiary/aromatic N) is 1. The molecule has 0 atom stereocenters. The van der Waals surface area contributed by atoms with Crippen molar-refractivity contribution in [3.05, 3.63) is 63.6 Å². The number of hydrogen-bond acceptors (Lipinski definition) is 4. The minimum atomic E-state index is -0.154. The molecule has 1 amide bonds. The molecule has 0 fully saturated rings. The van der Waals surface area contributed by atoms with Crippen LogP contribution in [0.5, 0.6) is 5.75 Å². The Balaban J connectivity index is 1.82. The van der Waals surface area contributed by atoms with Gasteiger partial charge >= 0.3 is 0 Å². The molecule has 0 aliphatic carbocycles. The molecule has 6 heteroatoms. The first kappa shape index (κ1) is 17.6. The number of halogens is 1. The molecule has 0 aliphatic rings. The van der Waals surface area contributed by atoms with Gasteiger partial charge in [0.2, 0.25) is 0 Å². The van der Waals surface area contributed by atoms with Crippen LogP contribution in [-0.4, -0.2) is 17.5 Å². The van der Waals surface area contributed by atoms with Crippen LogP contribution in [0, 0.1) is 6.92 Å². The number of para-hydroxylation sites is 1. The number of aromatic nitrogens is 1. The molecule has 1 heterocycles. The van der Waals surface area contributed by atoms with Gasteiger partial charge in [0, 0.05) is 10.0 Å². The number of amides is 1. The molecule has 0 aliphatic heterocycles. The van der Waals surface area contributed by atoms with Crippen LogP contribution in [0.3, 0.4) is 0 Å². The molecular weight excluding hydrogens is 400 g/mol. The second-order valence-corrected chi connectivity index (χ2v) is 7.18. The summed E-state index contributed by atoms with van der Waals surface area (Å²) in [5.74, 6) is 0.672. The first-order chi connectivity index (χ1) is 12.1. The van der Waals surface area contributed by atoms with E-state index in [2.05, 4.69) is 26.2 Å². The first-order valence-electron chi connectivity index (χ1n) is 7.85. The highest BCUT2D eigenvalue weighted by atomic mass is 79.9. The van der Waals surface area contributed by atoms with Crippen LogP contribution in [-0.2, 0) is 0 Å². The van der Waals surface area contributed by atoms with Crippen LogP contribution < -0.4 is 10.1 Å². The third kappa shape index (κ3) is 4.08. The number of rotatable bonds is 5. The van der Waals surface area contributed by atoms with Gasteiger partial charge in [-0.1, -0.05) is 12.1 Å². The van der Waals surface area contributed by atoms with Gasteiger partial charge in [-0.2, -0.15) is 0 Å². The van der Waals surface area contributed by atoms with Crippen LogP contribution in [0.2, 0.25) is 0 Å². The number of ether oxygens (including phenoxy) is 1. The maximum Gasteiger partial charge on any atom is 0.267 e. The topological polar surface area (TPSA) is 51.2 Å². The van der Waals surface area contributed by atoms with Gasteiger partial charge in [0.05, 0.1) is 18.0 Å². The van der Waals surface area contributed by atoms with E-state index in [1.807, 2.05) is 62.4 Å². The van der Waals surface area contributed by atoms with Crippen molar-refractivity contribution >= 4 is 38.9 Å². The van der Waals surface area contributed by atoms with Crippen LogP contribution >= 0.6 is 27.3 Å². The van der Waals surface area contributed by atoms with E-state index in [9.17, 15) is 4.79 Å². The zero-order valence-corrected chi connectivity index (χ0v) is 16.3. The number of carbonyl (C=O) groups is 1. The smallest absolute Gasteiger partial charge is 0.267 e. The summed E-state index contributed by atoms with van der Waals surface area (Å²) in [6.45, 7) is 4.44. The number of thiazole rings is 1. The van der Waals surface area contributed by atoms with E-state index in [-0.39, 0.29) is 5.91 Å². The molecule has 0 bridgehead atoms. The van der Waals surface area contributed by atoms with Gasteiger partial charge in [-0.3, -0.25) is 4.79 Å². The average molecular weight is 417 g/mol. The van der Waals surface area contributed by atoms with E-state index in [0.29, 0.717) is 11.5 Å². The van der Waals surface area contributed by atoms with Crippen LogP contribution in [0.25, 0.3) is 10.6 Å². The van der Waals surface area contributed by atoms with Gasteiger partial charge in [0.15, 0.2) is 0 Å². The van der Waals surface area contributed by atoms with E-state index >= 15 is 0 Å². The normalized spacial score (nSPS) is 10.5. The van der Waals surface area contributed by atoms with Gasteiger partial charge < -0.3 is 10.1 Å². The van der Waals surface area contributed by atoms with Crippen molar-refractivity contribution in [2.75, 3.05) is 11.9 Å². The highest BCUT2D eigenvalue weighted by molar-refractivity contribution is 9.10. The van der Waals surface area contributed by atoms with Crippen molar-refractivity contribution in [2.45, 2.75) is 13.8 Å². The van der Waals surface area contributed by atoms with Crippen LogP contribution in [0.4, 0.5) is 5.69 Å². The summed E-state index contributed by atoms with van der Waals surface area (Å²) in [7, 11) is 0. The maximum absolute atomic E-state index is 12.6. The summed E-state index contributed by atoms with van der Waals surface area (Å²) >= 11 is 4.82. The molecule has 0 radical (unpaired) electrons. The Morgan fingerprint density at radius 3 is 2.60 bits per heavy atom. The fraction of sp³-hybridized carbons (Fsp3) is 0.158. The maximum atomic E-state index is 12.6. The fourth-order valence-corrected chi connectivity index (χ4v) is 3.68. The predicted octanol–water partition coefficient (Wildman–Crippen LogP) is 5.53. The quantitative estimate of drug-likeness (QED) is 0.594. The lowest BCUT2D eigenvalue weighted by Crippen LogP contribution is -2.11. The second kappa shape index (κ2) is 7.80. The Morgan fingerprint density at radius 1 is 1.20 bits per heavy atom. The van der Waals surface area contributed by atoms with Gasteiger partial charge in [0.1, 0.15) is 15.6 Å². The summed E-state index contributed by atoms with van der Waals surface area (Å²) < 4.78 is 6.30. The van der Waals surface area contributed by atoms with Crippen molar-refractivity contribution < 1.29 is 9.53 Å². The summed E-state index contributed by atoms with van der Waals surface area (Å²) in [6.07, 6.45) is 0.